The number of para-hydroxylation sites is 1. The third kappa shape index (κ3) is 1.85. The Morgan fingerprint density at radius 1 is 1.22 bits per heavy atom. The number of rotatable bonds is 2. The summed E-state index contributed by atoms with van der Waals surface area (Å²) in [6.45, 7) is 2.03. The normalized spacial score (nSPS) is 16.3. The lowest BCUT2D eigenvalue weighted by atomic mass is 10.0. The van der Waals surface area contributed by atoms with E-state index >= 15 is 0 Å². The summed E-state index contributed by atoms with van der Waals surface area (Å²) in [4.78, 5) is 4.56. The highest BCUT2D eigenvalue weighted by atomic mass is 15.1. The Labute approximate surface area is 108 Å². The largest absolute Gasteiger partial charge is 0.324 e. The molecule has 1 heterocycles. The number of aromatic nitrogens is 2. The number of benzene rings is 1. The van der Waals surface area contributed by atoms with E-state index in [9.17, 15) is 0 Å². The molecule has 1 aromatic heterocycles. The smallest absolute Gasteiger partial charge is 0.0997 e. The molecule has 0 radical (unpaired) electrons. The van der Waals surface area contributed by atoms with Gasteiger partial charge in [0.15, 0.2) is 0 Å². The van der Waals surface area contributed by atoms with Gasteiger partial charge in [-0.1, -0.05) is 18.2 Å². The van der Waals surface area contributed by atoms with Crippen molar-refractivity contribution in [3.05, 3.63) is 47.5 Å². The van der Waals surface area contributed by atoms with Crippen molar-refractivity contribution in [1.29, 1.82) is 0 Å². The zero-order valence-electron chi connectivity index (χ0n) is 10.8. The van der Waals surface area contributed by atoms with Crippen LogP contribution in [0.5, 0.6) is 0 Å². The van der Waals surface area contributed by atoms with E-state index in [4.69, 9.17) is 5.73 Å². The third-order valence-electron chi connectivity index (χ3n) is 3.72. The van der Waals surface area contributed by atoms with Gasteiger partial charge in [0.2, 0.25) is 0 Å². The van der Waals surface area contributed by atoms with Crippen molar-refractivity contribution in [3.63, 3.8) is 0 Å². The molecule has 1 aliphatic carbocycles. The van der Waals surface area contributed by atoms with E-state index in [-0.39, 0.29) is 6.04 Å². The van der Waals surface area contributed by atoms with Gasteiger partial charge in [-0.05, 0) is 44.2 Å². The van der Waals surface area contributed by atoms with Crippen LogP contribution in [0.15, 0.2) is 30.6 Å². The lowest BCUT2D eigenvalue weighted by molar-refractivity contribution is 0.654. The maximum atomic E-state index is 6.06. The van der Waals surface area contributed by atoms with Crippen molar-refractivity contribution in [2.45, 2.75) is 38.6 Å². The molecule has 0 unspecified atom stereocenters. The fourth-order valence-electron chi connectivity index (χ4n) is 2.77. The molecule has 0 spiro atoms. The van der Waals surface area contributed by atoms with Crippen LogP contribution in [0, 0.1) is 0 Å². The van der Waals surface area contributed by atoms with E-state index in [1.54, 1.807) is 0 Å². The van der Waals surface area contributed by atoms with Gasteiger partial charge in [0, 0.05) is 11.7 Å². The number of hydrogen-bond acceptors (Lipinski definition) is 2. The molecule has 0 aliphatic heterocycles. The molecule has 3 rings (SSSR count). The summed E-state index contributed by atoms with van der Waals surface area (Å²) in [5, 5.41) is 0. The highest BCUT2D eigenvalue weighted by molar-refractivity contribution is 5.45. The Balaban J connectivity index is 2.13. The van der Waals surface area contributed by atoms with E-state index in [0.29, 0.717) is 0 Å². The molecule has 2 aromatic rings. The van der Waals surface area contributed by atoms with Crippen molar-refractivity contribution in [3.8, 4) is 5.69 Å². The molecule has 3 nitrogen and oxygen atoms in total. The van der Waals surface area contributed by atoms with E-state index < -0.39 is 0 Å². The van der Waals surface area contributed by atoms with Gasteiger partial charge in [-0.25, -0.2) is 4.98 Å². The van der Waals surface area contributed by atoms with Gasteiger partial charge >= 0.3 is 0 Å². The van der Waals surface area contributed by atoms with Gasteiger partial charge in [-0.3, -0.25) is 0 Å². The van der Waals surface area contributed by atoms with E-state index in [1.165, 1.54) is 35.5 Å². The van der Waals surface area contributed by atoms with Gasteiger partial charge in [0.25, 0.3) is 0 Å². The Morgan fingerprint density at radius 3 is 2.83 bits per heavy atom. The number of nitrogens with two attached hydrogens (primary N) is 1. The Bertz CT molecular complexity index is 555. The first-order valence-corrected chi connectivity index (χ1v) is 6.67. The molecule has 0 fully saturated rings. The summed E-state index contributed by atoms with van der Waals surface area (Å²) in [6.07, 6.45) is 6.72. The molecule has 1 atom stereocenters. The van der Waals surface area contributed by atoms with Crippen LogP contribution in [0.4, 0.5) is 0 Å². The number of imidazole rings is 1. The van der Waals surface area contributed by atoms with Gasteiger partial charge in [0.1, 0.15) is 0 Å². The van der Waals surface area contributed by atoms with Crippen molar-refractivity contribution < 1.29 is 0 Å². The molecule has 3 heteroatoms. The minimum Gasteiger partial charge on any atom is -0.324 e. The molecule has 0 amide bonds. The zero-order valence-corrected chi connectivity index (χ0v) is 10.8. The van der Waals surface area contributed by atoms with Crippen molar-refractivity contribution in [2.75, 3.05) is 0 Å². The molecule has 2 N–H and O–H groups in total. The maximum Gasteiger partial charge on any atom is 0.0997 e. The number of hydrogen-bond donors (Lipinski definition) is 1. The fourth-order valence-corrected chi connectivity index (χ4v) is 2.77. The first kappa shape index (κ1) is 11.5. The van der Waals surface area contributed by atoms with E-state index in [2.05, 4.69) is 27.8 Å². The van der Waals surface area contributed by atoms with Gasteiger partial charge in [-0.2, -0.15) is 0 Å². The number of aryl methyl sites for hydroxylation is 1. The lowest BCUT2D eigenvalue weighted by Gasteiger charge is -2.18. The summed E-state index contributed by atoms with van der Waals surface area (Å²) in [5.41, 5.74) is 11.1. The van der Waals surface area contributed by atoms with Crippen LogP contribution in [0.1, 0.15) is 42.8 Å². The summed E-state index contributed by atoms with van der Waals surface area (Å²) >= 11 is 0. The summed E-state index contributed by atoms with van der Waals surface area (Å²) in [6, 6.07) is 8.40. The van der Waals surface area contributed by atoms with Crippen LogP contribution in [0.2, 0.25) is 0 Å². The Morgan fingerprint density at radius 2 is 2.00 bits per heavy atom. The highest BCUT2D eigenvalue weighted by Gasteiger charge is 2.18. The minimum absolute atomic E-state index is 0.0443. The monoisotopic (exact) mass is 241 g/mol. The van der Waals surface area contributed by atoms with Crippen molar-refractivity contribution >= 4 is 0 Å². The molecule has 18 heavy (non-hydrogen) atoms. The predicted octanol–water partition coefficient (Wildman–Crippen LogP) is 2.77. The third-order valence-corrected chi connectivity index (χ3v) is 3.72. The van der Waals surface area contributed by atoms with Crippen molar-refractivity contribution in [1.82, 2.24) is 9.55 Å². The van der Waals surface area contributed by atoms with Crippen LogP contribution < -0.4 is 5.73 Å². The van der Waals surface area contributed by atoms with Crippen LogP contribution >= 0.6 is 0 Å². The van der Waals surface area contributed by atoms with Crippen LogP contribution in [0.3, 0.4) is 0 Å². The van der Waals surface area contributed by atoms with Crippen molar-refractivity contribution in [2.24, 2.45) is 5.73 Å². The number of fused-ring (bicyclic) bond motifs is 1. The molecule has 1 aliphatic rings. The molecular formula is C15H19N3. The molecular weight excluding hydrogens is 222 g/mol. The molecule has 0 saturated carbocycles. The highest BCUT2D eigenvalue weighted by Crippen LogP contribution is 2.26. The molecule has 1 aromatic carbocycles. The standard InChI is InChI=1S/C15H19N3/c1-11(16)12-6-2-4-8-14(12)18-10-17-13-7-3-5-9-15(13)18/h2,4,6,8,10-11H,3,5,7,9,16H2,1H3/t11-/m0/s1. The van der Waals surface area contributed by atoms with Gasteiger partial charge in [0.05, 0.1) is 17.7 Å². The maximum absolute atomic E-state index is 6.06. The first-order valence-electron chi connectivity index (χ1n) is 6.67. The fraction of sp³-hybridized carbons (Fsp3) is 0.400. The number of nitrogens with zero attached hydrogens (tertiary/aromatic N) is 2. The lowest BCUT2D eigenvalue weighted by Crippen LogP contribution is -2.12. The predicted molar refractivity (Wildman–Crippen MR) is 72.8 cm³/mol. The van der Waals surface area contributed by atoms with Gasteiger partial charge in [-0.15, -0.1) is 0 Å². The van der Waals surface area contributed by atoms with Gasteiger partial charge < -0.3 is 10.3 Å². The Kier molecular flexibility index (Phi) is 2.92. The van der Waals surface area contributed by atoms with Crippen LogP contribution in [-0.4, -0.2) is 9.55 Å². The molecule has 0 saturated heterocycles. The second kappa shape index (κ2) is 4.58. The zero-order chi connectivity index (χ0) is 12.5. The second-order valence-electron chi connectivity index (χ2n) is 5.06. The molecule has 0 bridgehead atoms. The molecule has 94 valence electrons. The Hall–Kier alpha value is -1.61. The quantitative estimate of drug-likeness (QED) is 0.878. The average molecular weight is 241 g/mol. The second-order valence-corrected chi connectivity index (χ2v) is 5.06. The van der Waals surface area contributed by atoms with Crippen LogP contribution in [-0.2, 0) is 12.8 Å². The average Bonchev–Trinajstić information content (AvgIpc) is 2.82. The SMILES string of the molecule is C[C@H](N)c1ccccc1-n1cnc2c1CCCC2. The van der Waals surface area contributed by atoms with Crippen LogP contribution in [0.25, 0.3) is 5.69 Å². The topological polar surface area (TPSA) is 43.8 Å². The summed E-state index contributed by atoms with van der Waals surface area (Å²) in [5.74, 6) is 0. The summed E-state index contributed by atoms with van der Waals surface area (Å²) in [7, 11) is 0. The summed E-state index contributed by atoms with van der Waals surface area (Å²) < 4.78 is 2.23. The minimum atomic E-state index is 0.0443. The van der Waals surface area contributed by atoms with E-state index in [0.717, 1.165) is 12.8 Å². The first-order chi connectivity index (χ1) is 8.77. The van der Waals surface area contributed by atoms with E-state index in [1.807, 2.05) is 19.3 Å².